The van der Waals surface area contributed by atoms with Crippen LogP contribution in [0.3, 0.4) is 0 Å². The van der Waals surface area contributed by atoms with E-state index in [0.29, 0.717) is 0 Å². The maximum Gasteiger partial charge on any atom is 0.263 e. The first-order chi connectivity index (χ1) is 8.43. The fourth-order valence-corrected chi connectivity index (χ4v) is 3.84. The van der Waals surface area contributed by atoms with Crippen molar-refractivity contribution in [3.05, 3.63) is 24.1 Å². The summed E-state index contributed by atoms with van der Waals surface area (Å²) < 4.78 is 38.7. The lowest BCUT2D eigenvalue weighted by Gasteiger charge is -2.45. The first-order valence-electron chi connectivity index (χ1n) is 5.76. The molecule has 0 bridgehead atoms. The molecule has 1 aliphatic carbocycles. The third-order valence-electron chi connectivity index (χ3n) is 3.55. The average Bonchev–Trinajstić information content (AvgIpc) is 3.09. The molecule has 2 heterocycles. The van der Waals surface area contributed by atoms with E-state index in [4.69, 9.17) is 0 Å². The van der Waals surface area contributed by atoms with E-state index in [1.165, 1.54) is 12.3 Å². The van der Waals surface area contributed by atoms with Crippen LogP contribution in [0.25, 0.3) is 0 Å². The highest BCUT2D eigenvalue weighted by molar-refractivity contribution is 7.89. The molecule has 2 aliphatic rings. The predicted molar refractivity (Wildman–Crippen MR) is 60.6 cm³/mol. The highest BCUT2D eigenvalue weighted by Gasteiger charge is 2.55. The molecule has 3 rings (SSSR count). The summed E-state index contributed by atoms with van der Waals surface area (Å²) >= 11 is 0. The van der Waals surface area contributed by atoms with Gasteiger partial charge in [-0.1, -0.05) is 0 Å². The van der Waals surface area contributed by atoms with E-state index >= 15 is 0 Å². The van der Waals surface area contributed by atoms with Crippen LogP contribution in [-0.4, -0.2) is 41.5 Å². The lowest BCUT2D eigenvalue weighted by molar-refractivity contribution is -0.0766. The summed E-state index contributed by atoms with van der Waals surface area (Å²) in [6.07, 6.45) is 3.10. The van der Waals surface area contributed by atoms with Crippen LogP contribution in [0, 0.1) is 11.7 Å². The number of β-amino-alcohol motifs (C(OH)–C–C–N with tert-alkyl or cyclic N) is 1. The summed E-state index contributed by atoms with van der Waals surface area (Å²) in [7, 11) is -3.92. The molecule has 1 aliphatic heterocycles. The van der Waals surface area contributed by atoms with Crippen LogP contribution in [0.5, 0.6) is 0 Å². The topological polar surface area (TPSA) is 70.5 Å². The second-order valence-electron chi connectivity index (χ2n) is 4.94. The third kappa shape index (κ3) is 1.73. The standard InChI is InChI=1S/C11H13FN2O3S/c12-9-2-1-5-13-10(9)18(16,17)14-6-11(15,7-14)8-3-4-8/h1-2,5,8,15H,3-4,6-7H2. The van der Waals surface area contributed by atoms with Crippen molar-refractivity contribution in [1.82, 2.24) is 9.29 Å². The van der Waals surface area contributed by atoms with Gasteiger partial charge in [0.15, 0.2) is 5.82 Å². The maximum absolute atomic E-state index is 13.4. The highest BCUT2D eigenvalue weighted by Crippen LogP contribution is 2.45. The number of rotatable bonds is 3. The van der Waals surface area contributed by atoms with Crippen LogP contribution in [0.4, 0.5) is 4.39 Å². The molecule has 5 nitrogen and oxygen atoms in total. The number of pyridine rings is 1. The summed E-state index contributed by atoms with van der Waals surface area (Å²) in [4.78, 5) is 3.57. The molecule has 0 atom stereocenters. The predicted octanol–water partition coefficient (Wildman–Crippen LogP) is 0.366. The highest BCUT2D eigenvalue weighted by atomic mass is 32.2. The molecule has 18 heavy (non-hydrogen) atoms. The number of nitrogens with zero attached hydrogens (tertiary/aromatic N) is 2. The largest absolute Gasteiger partial charge is 0.387 e. The van der Waals surface area contributed by atoms with Crippen LogP contribution < -0.4 is 0 Å². The first kappa shape index (κ1) is 12.0. The molecule has 0 unspecified atom stereocenters. The van der Waals surface area contributed by atoms with Crippen LogP contribution in [-0.2, 0) is 10.0 Å². The van der Waals surface area contributed by atoms with Crippen LogP contribution >= 0.6 is 0 Å². The van der Waals surface area contributed by atoms with Gasteiger partial charge in [-0.05, 0) is 30.9 Å². The second-order valence-corrected chi connectivity index (χ2v) is 6.79. The van der Waals surface area contributed by atoms with Gasteiger partial charge in [0.1, 0.15) is 0 Å². The Morgan fingerprint density at radius 1 is 1.44 bits per heavy atom. The molecule has 0 spiro atoms. The van der Waals surface area contributed by atoms with E-state index in [1.54, 1.807) is 0 Å². The molecule has 1 saturated heterocycles. The zero-order valence-corrected chi connectivity index (χ0v) is 10.4. The molecule has 1 aromatic rings. The van der Waals surface area contributed by atoms with Crippen molar-refractivity contribution in [3.8, 4) is 0 Å². The molecule has 1 N–H and O–H groups in total. The zero-order chi connectivity index (χ0) is 13.0. The number of sulfonamides is 1. The fourth-order valence-electron chi connectivity index (χ4n) is 2.30. The van der Waals surface area contributed by atoms with E-state index in [0.717, 1.165) is 23.2 Å². The minimum absolute atomic E-state index is 0.0377. The minimum atomic E-state index is -3.92. The molecule has 0 amide bonds. The van der Waals surface area contributed by atoms with Crippen molar-refractivity contribution in [2.75, 3.05) is 13.1 Å². The van der Waals surface area contributed by atoms with Gasteiger partial charge in [-0.15, -0.1) is 0 Å². The van der Waals surface area contributed by atoms with E-state index in [1.807, 2.05) is 0 Å². The Hall–Kier alpha value is -1.05. The van der Waals surface area contributed by atoms with Gasteiger partial charge in [-0.2, -0.15) is 4.31 Å². The van der Waals surface area contributed by atoms with E-state index in [2.05, 4.69) is 4.98 Å². The molecule has 0 radical (unpaired) electrons. The van der Waals surface area contributed by atoms with Crippen molar-refractivity contribution >= 4 is 10.0 Å². The Morgan fingerprint density at radius 3 is 2.67 bits per heavy atom. The minimum Gasteiger partial charge on any atom is -0.387 e. The van der Waals surface area contributed by atoms with E-state index in [-0.39, 0.29) is 19.0 Å². The molecule has 7 heteroatoms. The van der Waals surface area contributed by atoms with Crippen molar-refractivity contribution in [2.45, 2.75) is 23.5 Å². The number of aromatic nitrogens is 1. The Labute approximate surface area is 104 Å². The van der Waals surface area contributed by atoms with Gasteiger partial charge in [-0.3, -0.25) is 0 Å². The van der Waals surface area contributed by atoms with Crippen LogP contribution in [0.15, 0.2) is 23.4 Å². The van der Waals surface area contributed by atoms with Crippen molar-refractivity contribution < 1.29 is 17.9 Å². The smallest absolute Gasteiger partial charge is 0.263 e. The van der Waals surface area contributed by atoms with Gasteiger partial charge in [0.25, 0.3) is 10.0 Å². The normalized spacial score (nSPS) is 23.7. The summed E-state index contributed by atoms with van der Waals surface area (Å²) in [6, 6.07) is 2.40. The summed E-state index contributed by atoms with van der Waals surface area (Å²) in [5.74, 6) is -0.670. The molecule has 2 fully saturated rings. The van der Waals surface area contributed by atoms with Gasteiger partial charge in [0, 0.05) is 19.3 Å². The van der Waals surface area contributed by atoms with Crippen molar-refractivity contribution in [3.63, 3.8) is 0 Å². The molecule has 0 aromatic carbocycles. The molecule has 98 valence electrons. The van der Waals surface area contributed by atoms with Gasteiger partial charge in [-0.25, -0.2) is 17.8 Å². The lowest BCUT2D eigenvalue weighted by atomic mass is 9.91. The Balaban J connectivity index is 1.83. The van der Waals surface area contributed by atoms with Crippen molar-refractivity contribution in [1.29, 1.82) is 0 Å². The first-order valence-corrected chi connectivity index (χ1v) is 7.20. The monoisotopic (exact) mass is 272 g/mol. The van der Waals surface area contributed by atoms with E-state index in [9.17, 15) is 17.9 Å². The number of hydrogen-bond donors (Lipinski definition) is 1. The molecular weight excluding hydrogens is 259 g/mol. The Bertz CT molecular complexity index is 580. The molecular formula is C11H13FN2O3S. The lowest BCUT2D eigenvalue weighted by Crippen LogP contribution is -2.64. The Kier molecular flexibility index (Phi) is 2.48. The van der Waals surface area contributed by atoms with Crippen LogP contribution in [0.1, 0.15) is 12.8 Å². The quantitative estimate of drug-likeness (QED) is 0.863. The van der Waals surface area contributed by atoms with Gasteiger partial charge in [0.2, 0.25) is 5.03 Å². The summed E-state index contributed by atoms with van der Waals surface area (Å²) in [5.41, 5.74) is -0.918. The van der Waals surface area contributed by atoms with Crippen molar-refractivity contribution in [2.24, 2.45) is 5.92 Å². The maximum atomic E-state index is 13.4. The average molecular weight is 272 g/mol. The van der Waals surface area contributed by atoms with Gasteiger partial charge in [0.05, 0.1) is 5.60 Å². The number of halogens is 1. The van der Waals surface area contributed by atoms with E-state index < -0.39 is 26.5 Å². The zero-order valence-electron chi connectivity index (χ0n) is 9.58. The van der Waals surface area contributed by atoms with Gasteiger partial charge >= 0.3 is 0 Å². The summed E-state index contributed by atoms with van der Waals surface area (Å²) in [6.45, 7) is 0.0754. The SMILES string of the molecule is O=S(=O)(c1ncccc1F)N1CC(O)(C2CC2)C1. The Morgan fingerprint density at radius 2 is 2.11 bits per heavy atom. The summed E-state index contributed by atoms with van der Waals surface area (Å²) in [5, 5.41) is 9.51. The fraction of sp³-hybridized carbons (Fsp3) is 0.545. The molecule has 1 aromatic heterocycles. The third-order valence-corrected chi connectivity index (χ3v) is 5.27. The number of hydrogen-bond acceptors (Lipinski definition) is 4. The molecule has 1 saturated carbocycles. The van der Waals surface area contributed by atoms with Gasteiger partial charge < -0.3 is 5.11 Å². The second kappa shape index (κ2) is 3.72. The number of aliphatic hydroxyl groups is 1. The van der Waals surface area contributed by atoms with Crippen LogP contribution in [0.2, 0.25) is 0 Å².